The van der Waals surface area contributed by atoms with Gasteiger partial charge in [0.25, 0.3) is 0 Å². The minimum absolute atomic E-state index is 0.221. The van der Waals surface area contributed by atoms with E-state index >= 15 is 0 Å². The molecule has 4 heteroatoms. The SMILES string of the molecule is Fc1cc(Br)cc(OC2CC(Br)C23CCCCCC3)c1. The van der Waals surface area contributed by atoms with Crippen LogP contribution in [0.25, 0.3) is 0 Å². The monoisotopic (exact) mass is 404 g/mol. The van der Waals surface area contributed by atoms with E-state index in [1.165, 1.54) is 50.7 Å². The summed E-state index contributed by atoms with van der Waals surface area (Å²) in [6, 6.07) is 4.80. The maximum Gasteiger partial charge on any atom is 0.128 e. The minimum Gasteiger partial charge on any atom is -0.490 e. The number of halogens is 3. The van der Waals surface area contributed by atoms with E-state index in [9.17, 15) is 4.39 Å². The second kappa shape index (κ2) is 5.96. The lowest BCUT2D eigenvalue weighted by Crippen LogP contribution is -2.56. The average molecular weight is 406 g/mol. The summed E-state index contributed by atoms with van der Waals surface area (Å²) in [5.74, 6) is 0.393. The Labute approximate surface area is 136 Å². The average Bonchev–Trinajstić information content (AvgIpc) is 2.65. The van der Waals surface area contributed by atoms with E-state index in [-0.39, 0.29) is 17.3 Å². The number of alkyl halides is 1. The molecule has 1 aromatic rings. The molecule has 0 radical (unpaired) electrons. The first-order valence-electron chi connectivity index (χ1n) is 7.37. The highest BCUT2D eigenvalue weighted by Crippen LogP contribution is 2.55. The van der Waals surface area contributed by atoms with E-state index in [1.807, 2.05) is 6.07 Å². The summed E-state index contributed by atoms with van der Waals surface area (Å²) in [4.78, 5) is 0.551. The molecule has 2 fully saturated rings. The van der Waals surface area contributed by atoms with Crippen molar-refractivity contribution in [2.24, 2.45) is 5.41 Å². The first-order chi connectivity index (χ1) is 9.60. The molecule has 20 heavy (non-hydrogen) atoms. The van der Waals surface area contributed by atoms with Gasteiger partial charge in [-0.25, -0.2) is 4.39 Å². The van der Waals surface area contributed by atoms with Gasteiger partial charge in [-0.15, -0.1) is 0 Å². The van der Waals surface area contributed by atoms with Crippen LogP contribution in [-0.4, -0.2) is 10.9 Å². The summed E-state index contributed by atoms with van der Waals surface area (Å²) < 4.78 is 20.3. The van der Waals surface area contributed by atoms with Crippen molar-refractivity contribution in [1.29, 1.82) is 0 Å². The first-order valence-corrected chi connectivity index (χ1v) is 9.08. The molecule has 0 aromatic heterocycles. The molecule has 3 rings (SSSR count). The van der Waals surface area contributed by atoms with Crippen molar-refractivity contribution in [1.82, 2.24) is 0 Å². The Bertz CT molecular complexity index is 463. The molecule has 0 amide bonds. The van der Waals surface area contributed by atoms with Gasteiger partial charge in [0.2, 0.25) is 0 Å². The van der Waals surface area contributed by atoms with Gasteiger partial charge in [-0.1, -0.05) is 57.5 Å². The van der Waals surface area contributed by atoms with E-state index in [1.54, 1.807) is 0 Å². The van der Waals surface area contributed by atoms with E-state index < -0.39 is 0 Å². The van der Waals surface area contributed by atoms with Crippen molar-refractivity contribution in [3.8, 4) is 5.75 Å². The number of hydrogen-bond donors (Lipinski definition) is 0. The molecule has 0 aliphatic heterocycles. The molecule has 0 N–H and O–H groups in total. The van der Waals surface area contributed by atoms with Crippen LogP contribution in [0.4, 0.5) is 4.39 Å². The molecule has 2 atom stereocenters. The molecule has 1 aromatic carbocycles. The van der Waals surface area contributed by atoms with Gasteiger partial charge in [0.15, 0.2) is 0 Å². The summed E-state index contributed by atoms with van der Waals surface area (Å²) >= 11 is 7.16. The van der Waals surface area contributed by atoms with Gasteiger partial charge in [-0.05, 0) is 31.4 Å². The van der Waals surface area contributed by atoms with Gasteiger partial charge in [0.05, 0.1) is 0 Å². The van der Waals surface area contributed by atoms with Crippen LogP contribution in [-0.2, 0) is 0 Å². The topological polar surface area (TPSA) is 9.23 Å². The molecular formula is C16H19Br2FO. The highest BCUT2D eigenvalue weighted by atomic mass is 79.9. The van der Waals surface area contributed by atoms with Crippen molar-refractivity contribution in [3.63, 3.8) is 0 Å². The lowest BCUT2D eigenvalue weighted by atomic mass is 9.61. The second-order valence-corrected chi connectivity index (χ2v) is 8.08. The van der Waals surface area contributed by atoms with Crippen LogP contribution in [0, 0.1) is 11.2 Å². The Hall–Kier alpha value is -0.0900. The van der Waals surface area contributed by atoms with E-state index in [4.69, 9.17) is 4.74 Å². The lowest BCUT2D eigenvalue weighted by molar-refractivity contribution is -0.0463. The largest absolute Gasteiger partial charge is 0.490 e. The third-order valence-electron chi connectivity index (χ3n) is 4.83. The Morgan fingerprint density at radius 3 is 2.40 bits per heavy atom. The van der Waals surface area contributed by atoms with Crippen LogP contribution >= 0.6 is 31.9 Å². The van der Waals surface area contributed by atoms with E-state index in [0.29, 0.717) is 10.6 Å². The lowest BCUT2D eigenvalue weighted by Gasteiger charge is -2.53. The molecule has 2 saturated carbocycles. The molecule has 2 aliphatic rings. The maximum atomic E-state index is 13.5. The number of hydrogen-bond acceptors (Lipinski definition) is 1. The zero-order valence-corrected chi connectivity index (χ0v) is 14.6. The Kier molecular flexibility index (Phi) is 4.42. The van der Waals surface area contributed by atoms with Crippen molar-refractivity contribution < 1.29 is 9.13 Å². The molecule has 1 nitrogen and oxygen atoms in total. The molecule has 0 saturated heterocycles. The number of rotatable bonds is 2. The van der Waals surface area contributed by atoms with Crippen LogP contribution in [0.1, 0.15) is 44.9 Å². The van der Waals surface area contributed by atoms with Crippen molar-refractivity contribution in [2.75, 3.05) is 0 Å². The third-order valence-corrected chi connectivity index (χ3v) is 6.58. The fraction of sp³-hybridized carbons (Fsp3) is 0.625. The third kappa shape index (κ3) is 2.78. The smallest absolute Gasteiger partial charge is 0.128 e. The highest BCUT2D eigenvalue weighted by molar-refractivity contribution is 9.10. The molecule has 0 bridgehead atoms. The quantitative estimate of drug-likeness (QED) is 0.561. The van der Waals surface area contributed by atoms with Crippen molar-refractivity contribution >= 4 is 31.9 Å². The predicted octanol–water partition coefficient (Wildman–Crippen LogP) is 5.84. The van der Waals surface area contributed by atoms with E-state index in [2.05, 4.69) is 31.9 Å². The second-order valence-electron chi connectivity index (χ2n) is 6.06. The summed E-state index contributed by atoms with van der Waals surface area (Å²) in [5.41, 5.74) is 0.259. The number of benzene rings is 1. The Morgan fingerprint density at radius 1 is 1.10 bits per heavy atom. The van der Waals surface area contributed by atoms with Crippen LogP contribution in [0.3, 0.4) is 0 Å². The van der Waals surface area contributed by atoms with Crippen LogP contribution in [0.15, 0.2) is 22.7 Å². The molecule has 1 spiro atoms. The zero-order chi connectivity index (χ0) is 14.2. The molecule has 2 unspecified atom stereocenters. The van der Waals surface area contributed by atoms with Gasteiger partial charge < -0.3 is 4.74 Å². The fourth-order valence-corrected chi connectivity index (χ4v) is 5.18. The zero-order valence-electron chi connectivity index (χ0n) is 11.4. The van der Waals surface area contributed by atoms with Crippen molar-refractivity contribution in [2.45, 2.75) is 55.9 Å². The van der Waals surface area contributed by atoms with Gasteiger partial charge in [0.1, 0.15) is 17.7 Å². The molecular weight excluding hydrogens is 387 g/mol. The minimum atomic E-state index is -0.251. The standard InChI is InChI=1S/C16H19Br2FO/c17-11-7-12(19)9-13(8-11)20-15-10-14(18)16(15)5-3-1-2-4-6-16/h7-9,14-15H,1-6,10H2. The van der Waals surface area contributed by atoms with Gasteiger partial charge in [-0.2, -0.15) is 0 Å². The van der Waals surface area contributed by atoms with Gasteiger partial charge in [0, 0.05) is 20.8 Å². The normalized spacial score (nSPS) is 28.8. The highest BCUT2D eigenvalue weighted by Gasteiger charge is 2.54. The fourth-order valence-electron chi connectivity index (χ4n) is 3.65. The summed E-state index contributed by atoms with van der Waals surface area (Å²) in [7, 11) is 0. The molecule has 0 heterocycles. The van der Waals surface area contributed by atoms with Crippen LogP contribution < -0.4 is 4.74 Å². The summed E-state index contributed by atoms with van der Waals surface area (Å²) in [6.07, 6.45) is 8.93. The van der Waals surface area contributed by atoms with Crippen LogP contribution in [0.5, 0.6) is 5.75 Å². The number of ether oxygens (including phenoxy) is 1. The van der Waals surface area contributed by atoms with Gasteiger partial charge >= 0.3 is 0 Å². The van der Waals surface area contributed by atoms with Crippen molar-refractivity contribution in [3.05, 3.63) is 28.5 Å². The molecule has 2 aliphatic carbocycles. The first kappa shape index (κ1) is 14.8. The molecule has 110 valence electrons. The maximum absolute atomic E-state index is 13.5. The summed E-state index contributed by atoms with van der Waals surface area (Å²) in [6.45, 7) is 0. The summed E-state index contributed by atoms with van der Waals surface area (Å²) in [5, 5.41) is 0. The van der Waals surface area contributed by atoms with Crippen LogP contribution in [0.2, 0.25) is 0 Å². The Balaban J connectivity index is 1.76. The van der Waals surface area contributed by atoms with Gasteiger partial charge in [-0.3, -0.25) is 0 Å². The van der Waals surface area contributed by atoms with E-state index in [0.717, 1.165) is 10.9 Å². The Morgan fingerprint density at radius 2 is 1.80 bits per heavy atom. The predicted molar refractivity (Wildman–Crippen MR) is 86.0 cm³/mol.